The van der Waals surface area contributed by atoms with E-state index < -0.39 is 0 Å². The summed E-state index contributed by atoms with van der Waals surface area (Å²) < 4.78 is 6.55. The van der Waals surface area contributed by atoms with Gasteiger partial charge in [0.1, 0.15) is 5.75 Å². The van der Waals surface area contributed by atoms with Crippen LogP contribution in [0.25, 0.3) is 16.5 Å². The predicted octanol–water partition coefficient (Wildman–Crippen LogP) is 4.76. The molecule has 0 fully saturated rings. The quantitative estimate of drug-likeness (QED) is 0.516. The summed E-state index contributed by atoms with van der Waals surface area (Å²) in [6.07, 6.45) is 1.60. The molecule has 4 rings (SSSR count). The summed E-state index contributed by atoms with van der Waals surface area (Å²) in [5.41, 5.74) is 2.55. The van der Waals surface area contributed by atoms with Gasteiger partial charge in [-0.2, -0.15) is 0 Å². The molecule has 0 saturated carbocycles. The molecule has 0 atom stereocenters. The molecule has 29 heavy (non-hydrogen) atoms. The van der Waals surface area contributed by atoms with Gasteiger partial charge in [0.25, 0.3) is 5.56 Å². The topological polar surface area (TPSA) is 63.8 Å². The zero-order valence-electron chi connectivity index (χ0n) is 16.2. The van der Waals surface area contributed by atoms with E-state index in [1.165, 1.54) is 4.57 Å². The Bertz CT molecular complexity index is 1290. The highest BCUT2D eigenvalue weighted by Crippen LogP contribution is 2.28. The van der Waals surface area contributed by atoms with E-state index in [4.69, 9.17) is 4.74 Å². The van der Waals surface area contributed by atoms with Crippen molar-refractivity contribution < 1.29 is 9.84 Å². The number of nitrogens with zero attached hydrogens (tertiary/aromatic N) is 2. The average molecular weight is 384 g/mol. The van der Waals surface area contributed by atoms with Gasteiger partial charge in [0.15, 0.2) is 0 Å². The van der Waals surface area contributed by atoms with Gasteiger partial charge in [-0.15, -0.1) is 0 Å². The van der Waals surface area contributed by atoms with Crippen molar-refractivity contribution in [3.63, 3.8) is 0 Å². The lowest BCUT2D eigenvalue weighted by atomic mass is 10.1. The second-order valence-corrected chi connectivity index (χ2v) is 6.72. The molecule has 0 aliphatic rings. The van der Waals surface area contributed by atoms with Crippen molar-refractivity contribution >= 4 is 22.7 Å². The standard InChI is InChI=1S/C24H20N2O3/c1-16-7-5-8-17(13-16)25-15-22-20-11-3-4-12-21(20)23(27)26(24(22)28)18-9-6-10-19(14-18)29-2/h3-15,28H,1-2H3. The lowest BCUT2D eigenvalue weighted by Crippen LogP contribution is -2.20. The molecule has 1 heterocycles. The molecule has 0 amide bonds. The molecule has 0 aliphatic carbocycles. The molecule has 1 aromatic heterocycles. The number of aromatic nitrogens is 1. The van der Waals surface area contributed by atoms with Gasteiger partial charge in [0.2, 0.25) is 5.88 Å². The van der Waals surface area contributed by atoms with E-state index in [0.717, 1.165) is 11.3 Å². The summed E-state index contributed by atoms with van der Waals surface area (Å²) in [6.45, 7) is 1.99. The number of hydrogen-bond acceptors (Lipinski definition) is 4. The number of aliphatic imine (C=N–C) groups is 1. The van der Waals surface area contributed by atoms with Crippen LogP contribution in [-0.2, 0) is 0 Å². The highest BCUT2D eigenvalue weighted by molar-refractivity contribution is 6.02. The Labute approximate surface area is 168 Å². The van der Waals surface area contributed by atoms with Gasteiger partial charge in [0, 0.05) is 23.1 Å². The fraction of sp³-hybridized carbons (Fsp3) is 0.0833. The third-order valence-corrected chi connectivity index (χ3v) is 4.76. The van der Waals surface area contributed by atoms with E-state index in [1.54, 1.807) is 49.7 Å². The normalized spacial score (nSPS) is 11.2. The van der Waals surface area contributed by atoms with Crippen LogP contribution >= 0.6 is 0 Å². The molecule has 0 spiro atoms. The van der Waals surface area contributed by atoms with Gasteiger partial charge in [-0.25, -0.2) is 4.57 Å². The van der Waals surface area contributed by atoms with Gasteiger partial charge in [-0.3, -0.25) is 9.79 Å². The Morgan fingerprint density at radius 1 is 0.966 bits per heavy atom. The van der Waals surface area contributed by atoms with Crippen molar-refractivity contribution in [1.82, 2.24) is 4.57 Å². The molecule has 0 bridgehead atoms. The van der Waals surface area contributed by atoms with Crippen molar-refractivity contribution in [2.45, 2.75) is 6.92 Å². The van der Waals surface area contributed by atoms with E-state index in [-0.39, 0.29) is 11.4 Å². The third-order valence-electron chi connectivity index (χ3n) is 4.76. The Balaban J connectivity index is 1.97. The number of methoxy groups -OCH3 is 1. The smallest absolute Gasteiger partial charge is 0.265 e. The first-order valence-electron chi connectivity index (χ1n) is 9.20. The Hall–Kier alpha value is -3.86. The number of fused-ring (bicyclic) bond motifs is 1. The second kappa shape index (κ2) is 7.64. The van der Waals surface area contributed by atoms with Crippen molar-refractivity contribution in [3.05, 3.63) is 94.3 Å². The van der Waals surface area contributed by atoms with Crippen LogP contribution in [0.4, 0.5) is 5.69 Å². The Kier molecular flexibility index (Phi) is 4.87. The maximum absolute atomic E-state index is 13.1. The number of rotatable bonds is 4. The molecule has 5 nitrogen and oxygen atoms in total. The minimum absolute atomic E-state index is 0.168. The summed E-state index contributed by atoms with van der Waals surface area (Å²) in [6, 6.07) is 22.0. The molecular formula is C24H20N2O3. The number of aromatic hydroxyl groups is 1. The molecule has 1 N–H and O–H groups in total. The Morgan fingerprint density at radius 3 is 2.48 bits per heavy atom. The maximum Gasteiger partial charge on any atom is 0.265 e. The van der Waals surface area contributed by atoms with Gasteiger partial charge in [0.05, 0.1) is 24.0 Å². The summed E-state index contributed by atoms with van der Waals surface area (Å²) in [5, 5.41) is 12.2. The summed E-state index contributed by atoms with van der Waals surface area (Å²) in [7, 11) is 1.56. The number of pyridine rings is 1. The molecule has 0 saturated heterocycles. The van der Waals surface area contributed by atoms with Crippen LogP contribution < -0.4 is 10.3 Å². The fourth-order valence-corrected chi connectivity index (χ4v) is 3.33. The highest BCUT2D eigenvalue weighted by Gasteiger charge is 2.16. The van der Waals surface area contributed by atoms with Crippen LogP contribution in [0.5, 0.6) is 11.6 Å². The monoisotopic (exact) mass is 384 g/mol. The maximum atomic E-state index is 13.1. The molecule has 144 valence electrons. The molecule has 5 heteroatoms. The first kappa shape index (κ1) is 18.5. The molecule has 3 aromatic carbocycles. The average Bonchev–Trinajstić information content (AvgIpc) is 2.74. The zero-order valence-corrected chi connectivity index (χ0v) is 16.2. The number of benzene rings is 3. The summed E-state index contributed by atoms with van der Waals surface area (Å²) >= 11 is 0. The molecular weight excluding hydrogens is 364 g/mol. The summed E-state index contributed by atoms with van der Waals surface area (Å²) in [4.78, 5) is 17.7. The fourth-order valence-electron chi connectivity index (χ4n) is 3.33. The Morgan fingerprint density at radius 2 is 1.72 bits per heavy atom. The van der Waals surface area contributed by atoms with Crippen LogP contribution in [0.3, 0.4) is 0 Å². The van der Waals surface area contributed by atoms with E-state index in [2.05, 4.69) is 4.99 Å². The van der Waals surface area contributed by atoms with Crippen LogP contribution in [0.1, 0.15) is 11.1 Å². The highest BCUT2D eigenvalue weighted by atomic mass is 16.5. The van der Waals surface area contributed by atoms with Crippen molar-refractivity contribution in [3.8, 4) is 17.3 Å². The van der Waals surface area contributed by atoms with E-state index in [0.29, 0.717) is 27.8 Å². The first-order valence-corrected chi connectivity index (χ1v) is 9.20. The molecule has 0 aliphatic heterocycles. The minimum atomic E-state index is -0.306. The second-order valence-electron chi connectivity index (χ2n) is 6.72. The largest absolute Gasteiger partial charge is 0.497 e. The minimum Gasteiger partial charge on any atom is -0.497 e. The van der Waals surface area contributed by atoms with Gasteiger partial charge in [-0.05, 0) is 42.8 Å². The molecule has 4 aromatic rings. The van der Waals surface area contributed by atoms with Crippen molar-refractivity contribution in [2.24, 2.45) is 4.99 Å². The third kappa shape index (κ3) is 3.50. The lowest BCUT2D eigenvalue weighted by Gasteiger charge is -2.14. The van der Waals surface area contributed by atoms with E-state index in [9.17, 15) is 9.90 Å². The number of aryl methyl sites for hydroxylation is 1. The predicted molar refractivity (Wildman–Crippen MR) is 116 cm³/mol. The van der Waals surface area contributed by atoms with Crippen LogP contribution in [0.2, 0.25) is 0 Å². The van der Waals surface area contributed by atoms with Gasteiger partial charge < -0.3 is 9.84 Å². The van der Waals surface area contributed by atoms with Gasteiger partial charge >= 0.3 is 0 Å². The van der Waals surface area contributed by atoms with Crippen molar-refractivity contribution in [1.29, 1.82) is 0 Å². The summed E-state index contributed by atoms with van der Waals surface area (Å²) in [5.74, 6) is 0.426. The van der Waals surface area contributed by atoms with Crippen molar-refractivity contribution in [2.75, 3.05) is 7.11 Å². The van der Waals surface area contributed by atoms with Crippen LogP contribution in [0.15, 0.2) is 82.6 Å². The van der Waals surface area contributed by atoms with E-state index in [1.807, 2.05) is 43.3 Å². The molecule has 0 radical (unpaired) electrons. The SMILES string of the molecule is COc1cccc(-n2c(O)c(C=Nc3cccc(C)c3)c3ccccc3c2=O)c1. The molecule has 0 unspecified atom stereocenters. The lowest BCUT2D eigenvalue weighted by molar-refractivity contribution is 0.413. The van der Waals surface area contributed by atoms with Crippen LogP contribution in [-0.4, -0.2) is 23.0 Å². The number of hydrogen-bond donors (Lipinski definition) is 1. The zero-order chi connectivity index (χ0) is 20.4. The van der Waals surface area contributed by atoms with Gasteiger partial charge in [-0.1, -0.05) is 36.4 Å². The van der Waals surface area contributed by atoms with E-state index >= 15 is 0 Å². The first-order chi connectivity index (χ1) is 14.1. The number of ether oxygens (including phenoxy) is 1. The van der Waals surface area contributed by atoms with Crippen LogP contribution in [0, 0.1) is 6.92 Å².